The molecule has 0 bridgehead atoms. The summed E-state index contributed by atoms with van der Waals surface area (Å²) in [5, 5.41) is 1.71. The molecule has 2 aromatic carbocycles. The molecule has 32 heavy (non-hydrogen) atoms. The van der Waals surface area contributed by atoms with Gasteiger partial charge in [0.05, 0.1) is 43.3 Å². The highest BCUT2D eigenvalue weighted by molar-refractivity contribution is 6.09. The molecule has 6 nitrogen and oxygen atoms in total. The molecule has 166 valence electrons. The number of methoxy groups -OCH3 is 1. The average Bonchev–Trinajstić information content (AvgIpc) is 3.16. The van der Waals surface area contributed by atoms with Crippen molar-refractivity contribution in [2.75, 3.05) is 40.0 Å². The van der Waals surface area contributed by atoms with Crippen LogP contribution in [0.25, 0.3) is 21.8 Å². The number of hydrogen-bond acceptors (Lipinski definition) is 4. The summed E-state index contributed by atoms with van der Waals surface area (Å²) in [6, 6.07) is 16.3. The summed E-state index contributed by atoms with van der Waals surface area (Å²) in [6.45, 7) is 7.79. The maximum absolute atomic E-state index is 13.7. The minimum atomic E-state index is 0.0362. The van der Waals surface area contributed by atoms with Crippen LogP contribution in [0, 0.1) is 6.92 Å². The first-order chi connectivity index (χ1) is 15.7. The van der Waals surface area contributed by atoms with Crippen molar-refractivity contribution in [3.63, 3.8) is 0 Å². The van der Waals surface area contributed by atoms with Gasteiger partial charge in [-0.2, -0.15) is 0 Å². The number of aryl methyl sites for hydroxylation is 1. The van der Waals surface area contributed by atoms with Crippen molar-refractivity contribution in [1.82, 2.24) is 14.0 Å². The molecule has 6 heteroatoms. The second kappa shape index (κ2) is 8.81. The van der Waals surface area contributed by atoms with Crippen LogP contribution in [-0.4, -0.2) is 54.0 Å². The predicted octanol–water partition coefficient (Wildman–Crippen LogP) is 3.65. The van der Waals surface area contributed by atoms with Gasteiger partial charge in [0.2, 0.25) is 0 Å². The Bertz CT molecular complexity index is 1320. The van der Waals surface area contributed by atoms with E-state index in [2.05, 4.69) is 34.6 Å². The lowest BCUT2D eigenvalue weighted by atomic mass is 10.1. The van der Waals surface area contributed by atoms with E-state index in [1.54, 1.807) is 7.11 Å². The van der Waals surface area contributed by atoms with Gasteiger partial charge in [-0.05, 0) is 30.2 Å². The summed E-state index contributed by atoms with van der Waals surface area (Å²) in [7, 11) is 1.69. The van der Waals surface area contributed by atoms with Crippen LogP contribution in [0.3, 0.4) is 0 Å². The summed E-state index contributed by atoms with van der Waals surface area (Å²) in [5.41, 5.74) is 4.33. The third kappa shape index (κ3) is 3.70. The minimum absolute atomic E-state index is 0.0362. The van der Waals surface area contributed by atoms with Crippen LogP contribution in [0.4, 0.5) is 0 Å². The Balaban J connectivity index is 1.62. The molecule has 0 aliphatic carbocycles. The van der Waals surface area contributed by atoms with E-state index in [1.807, 2.05) is 41.1 Å². The minimum Gasteiger partial charge on any atom is -0.495 e. The first-order valence-corrected chi connectivity index (χ1v) is 11.2. The van der Waals surface area contributed by atoms with Gasteiger partial charge in [-0.15, -0.1) is 0 Å². The molecule has 0 unspecified atom stereocenters. The summed E-state index contributed by atoms with van der Waals surface area (Å²) in [4.78, 5) is 16.1. The number of fused-ring (bicyclic) bond motifs is 3. The van der Waals surface area contributed by atoms with Crippen LogP contribution in [-0.2, 0) is 17.8 Å². The van der Waals surface area contributed by atoms with Crippen molar-refractivity contribution in [3.8, 4) is 5.75 Å². The van der Waals surface area contributed by atoms with Gasteiger partial charge < -0.3 is 18.6 Å². The molecule has 3 heterocycles. The van der Waals surface area contributed by atoms with E-state index in [0.29, 0.717) is 6.54 Å². The quantitative estimate of drug-likeness (QED) is 0.468. The Labute approximate surface area is 187 Å². The van der Waals surface area contributed by atoms with E-state index >= 15 is 0 Å². The van der Waals surface area contributed by atoms with Crippen molar-refractivity contribution in [1.29, 1.82) is 0 Å². The number of nitrogens with zero attached hydrogens (tertiary/aromatic N) is 3. The van der Waals surface area contributed by atoms with Crippen molar-refractivity contribution < 1.29 is 9.47 Å². The van der Waals surface area contributed by atoms with Crippen LogP contribution in [0.5, 0.6) is 5.75 Å². The maximum Gasteiger partial charge on any atom is 0.260 e. The van der Waals surface area contributed by atoms with Gasteiger partial charge in [-0.25, -0.2) is 0 Å². The molecule has 2 aromatic heterocycles. The molecule has 0 saturated carbocycles. The Morgan fingerprint density at radius 3 is 2.59 bits per heavy atom. The number of para-hydroxylation sites is 1. The predicted molar refractivity (Wildman–Crippen MR) is 128 cm³/mol. The topological polar surface area (TPSA) is 48.6 Å². The Morgan fingerprint density at radius 2 is 1.81 bits per heavy atom. The van der Waals surface area contributed by atoms with E-state index in [4.69, 9.17) is 9.47 Å². The molecule has 0 spiro atoms. The zero-order valence-electron chi connectivity index (χ0n) is 18.7. The maximum atomic E-state index is 13.7. The van der Waals surface area contributed by atoms with E-state index in [0.717, 1.165) is 72.5 Å². The number of pyridine rings is 1. The monoisotopic (exact) mass is 431 g/mol. The molecule has 0 amide bonds. The van der Waals surface area contributed by atoms with Crippen LogP contribution in [0.2, 0.25) is 0 Å². The highest BCUT2D eigenvalue weighted by Crippen LogP contribution is 2.33. The average molecular weight is 432 g/mol. The molecule has 5 rings (SSSR count). The Morgan fingerprint density at radius 1 is 1.00 bits per heavy atom. The van der Waals surface area contributed by atoms with E-state index in [9.17, 15) is 4.79 Å². The van der Waals surface area contributed by atoms with E-state index in [-0.39, 0.29) is 5.56 Å². The van der Waals surface area contributed by atoms with E-state index in [1.165, 1.54) is 5.56 Å². The molecule has 0 atom stereocenters. The Kier molecular flexibility index (Phi) is 5.72. The number of rotatable bonds is 6. The number of ether oxygens (including phenoxy) is 2. The standard InChI is InChI=1S/C26H29N3O3/c1-19-6-3-4-7-20(19)18-28-11-10-22-24(26(28)30)21-8-5-9-23(31-2)25(21)29(22)13-12-27-14-16-32-17-15-27/h3-11H,12-18H2,1-2H3. The summed E-state index contributed by atoms with van der Waals surface area (Å²) < 4.78 is 15.3. The summed E-state index contributed by atoms with van der Waals surface area (Å²) in [5.74, 6) is 0.797. The van der Waals surface area contributed by atoms with Gasteiger partial charge in [-0.3, -0.25) is 9.69 Å². The molecule has 0 N–H and O–H groups in total. The molecular weight excluding hydrogens is 402 g/mol. The van der Waals surface area contributed by atoms with Gasteiger partial charge in [0.15, 0.2) is 0 Å². The third-order valence-electron chi connectivity index (χ3n) is 6.54. The second-order valence-electron chi connectivity index (χ2n) is 8.40. The number of aromatic nitrogens is 2. The van der Waals surface area contributed by atoms with Crippen molar-refractivity contribution in [2.45, 2.75) is 20.0 Å². The highest BCUT2D eigenvalue weighted by atomic mass is 16.5. The lowest BCUT2D eigenvalue weighted by Crippen LogP contribution is -2.38. The zero-order chi connectivity index (χ0) is 22.1. The van der Waals surface area contributed by atoms with Crippen molar-refractivity contribution in [3.05, 3.63) is 76.2 Å². The number of morpholine rings is 1. The third-order valence-corrected chi connectivity index (χ3v) is 6.54. The van der Waals surface area contributed by atoms with Gasteiger partial charge >= 0.3 is 0 Å². The first-order valence-electron chi connectivity index (χ1n) is 11.2. The van der Waals surface area contributed by atoms with E-state index < -0.39 is 0 Å². The molecule has 1 saturated heterocycles. The van der Waals surface area contributed by atoms with Gasteiger partial charge in [0, 0.05) is 37.8 Å². The van der Waals surface area contributed by atoms with Crippen molar-refractivity contribution >= 4 is 21.8 Å². The van der Waals surface area contributed by atoms with Gasteiger partial charge in [-0.1, -0.05) is 36.4 Å². The molecule has 1 aliphatic heterocycles. The van der Waals surface area contributed by atoms with Gasteiger partial charge in [0.25, 0.3) is 5.56 Å². The van der Waals surface area contributed by atoms with Crippen LogP contribution >= 0.6 is 0 Å². The normalized spacial score (nSPS) is 14.9. The molecular formula is C26H29N3O3. The molecule has 1 aliphatic rings. The van der Waals surface area contributed by atoms with Gasteiger partial charge in [0.1, 0.15) is 5.75 Å². The summed E-state index contributed by atoms with van der Waals surface area (Å²) >= 11 is 0. The first kappa shape index (κ1) is 20.8. The lowest BCUT2D eigenvalue weighted by Gasteiger charge is -2.27. The molecule has 0 radical (unpaired) electrons. The van der Waals surface area contributed by atoms with Crippen molar-refractivity contribution in [2.24, 2.45) is 0 Å². The molecule has 1 fully saturated rings. The fraction of sp³-hybridized carbons (Fsp3) is 0.346. The Hall–Kier alpha value is -3.09. The highest BCUT2D eigenvalue weighted by Gasteiger charge is 2.19. The van der Waals surface area contributed by atoms with Crippen LogP contribution in [0.1, 0.15) is 11.1 Å². The molecule has 4 aromatic rings. The summed E-state index contributed by atoms with van der Waals surface area (Å²) in [6.07, 6.45) is 1.92. The largest absolute Gasteiger partial charge is 0.495 e. The zero-order valence-corrected chi connectivity index (χ0v) is 18.7. The van der Waals surface area contributed by atoms with Crippen LogP contribution < -0.4 is 10.3 Å². The lowest BCUT2D eigenvalue weighted by molar-refractivity contribution is 0.0366. The smallest absolute Gasteiger partial charge is 0.260 e. The van der Waals surface area contributed by atoms with Crippen LogP contribution in [0.15, 0.2) is 59.5 Å². The fourth-order valence-electron chi connectivity index (χ4n) is 4.72. The fourth-order valence-corrected chi connectivity index (χ4v) is 4.72. The number of benzene rings is 2. The SMILES string of the molecule is COc1cccc2c3c(=O)n(Cc4ccccc4C)ccc3n(CCN3CCOCC3)c12. The second-order valence-corrected chi connectivity index (χ2v) is 8.40. The number of hydrogen-bond donors (Lipinski definition) is 0.